The minimum absolute atomic E-state index is 0.00485. The summed E-state index contributed by atoms with van der Waals surface area (Å²) in [6.45, 7) is 7.04. The molecule has 3 rings (SSSR count). The van der Waals surface area contributed by atoms with E-state index < -0.39 is 0 Å². The molecule has 0 radical (unpaired) electrons. The molecule has 0 unspecified atom stereocenters. The molecule has 0 saturated carbocycles. The van der Waals surface area contributed by atoms with Crippen molar-refractivity contribution < 1.29 is 9.53 Å². The maximum Gasteiger partial charge on any atom is 0.260 e. The van der Waals surface area contributed by atoms with Crippen LogP contribution in [0.15, 0.2) is 24.3 Å². The Morgan fingerprint density at radius 1 is 1.21 bits per heavy atom. The number of H-pyrrole nitrogens is 1. The average Bonchev–Trinajstić information content (AvgIpc) is 2.93. The Balaban J connectivity index is 1.51. The second-order valence-corrected chi connectivity index (χ2v) is 6.33. The van der Waals surface area contributed by atoms with E-state index in [1.807, 2.05) is 18.7 Å². The van der Waals surface area contributed by atoms with Crippen LogP contribution in [-0.4, -0.2) is 53.8 Å². The number of ether oxygens (including phenoxy) is 1. The fourth-order valence-electron chi connectivity index (χ4n) is 2.96. The number of piperazine rings is 1. The van der Waals surface area contributed by atoms with E-state index in [9.17, 15) is 4.79 Å². The minimum Gasteiger partial charge on any atom is -0.484 e. The molecule has 1 fully saturated rings. The Kier molecular flexibility index (Phi) is 4.94. The van der Waals surface area contributed by atoms with E-state index in [1.165, 1.54) is 0 Å². The van der Waals surface area contributed by atoms with E-state index >= 15 is 0 Å². The summed E-state index contributed by atoms with van der Waals surface area (Å²) in [5.74, 6) is 0.654. The van der Waals surface area contributed by atoms with E-state index in [1.54, 1.807) is 24.3 Å². The Morgan fingerprint density at radius 3 is 2.46 bits per heavy atom. The second kappa shape index (κ2) is 7.13. The standard InChI is InChI=1S/C17H21ClN4O2/c1-12-17(13(2)20-19-12)22-9-7-21(8-10-22)16(23)11-24-15-5-3-14(18)4-6-15/h3-6H,7-11H2,1-2H3,(H,19,20). The number of hydrogen-bond acceptors (Lipinski definition) is 4. The highest BCUT2D eigenvalue weighted by Gasteiger charge is 2.24. The largest absolute Gasteiger partial charge is 0.484 e. The zero-order chi connectivity index (χ0) is 17.1. The first-order chi connectivity index (χ1) is 11.5. The number of carbonyl (C=O) groups excluding carboxylic acids is 1. The van der Waals surface area contributed by atoms with Gasteiger partial charge in [-0.1, -0.05) is 11.6 Å². The molecule has 1 aromatic carbocycles. The zero-order valence-corrected chi connectivity index (χ0v) is 14.6. The highest BCUT2D eigenvalue weighted by Crippen LogP contribution is 2.23. The Bertz CT molecular complexity index is 686. The summed E-state index contributed by atoms with van der Waals surface area (Å²) in [5.41, 5.74) is 3.22. The van der Waals surface area contributed by atoms with Gasteiger partial charge in [0.1, 0.15) is 5.75 Å². The number of amides is 1. The van der Waals surface area contributed by atoms with Crippen molar-refractivity contribution in [3.05, 3.63) is 40.7 Å². The molecular weight excluding hydrogens is 328 g/mol. The fraction of sp³-hybridized carbons (Fsp3) is 0.412. The fourth-order valence-corrected chi connectivity index (χ4v) is 3.08. The molecule has 1 saturated heterocycles. The third kappa shape index (κ3) is 3.64. The lowest BCUT2D eigenvalue weighted by atomic mass is 10.2. The van der Waals surface area contributed by atoms with Crippen molar-refractivity contribution in [3.63, 3.8) is 0 Å². The lowest BCUT2D eigenvalue weighted by molar-refractivity contribution is -0.133. The van der Waals surface area contributed by atoms with Gasteiger partial charge in [0.15, 0.2) is 6.61 Å². The van der Waals surface area contributed by atoms with Gasteiger partial charge in [-0.25, -0.2) is 0 Å². The zero-order valence-electron chi connectivity index (χ0n) is 13.9. The van der Waals surface area contributed by atoms with Gasteiger partial charge >= 0.3 is 0 Å². The predicted molar refractivity (Wildman–Crippen MR) is 93.8 cm³/mol. The van der Waals surface area contributed by atoms with Gasteiger partial charge in [-0.05, 0) is 38.1 Å². The normalized spacial score (nSPS) is 14.8. The number of rotatable bonds is 4. The van der Waals surface area contributed by atoms with Crippen molar-refractivity contribution in [3.8, 4) is 5.75 Å². The third-order valence-electron chi connectivity index (χ3n) is 4.21. The predicted octanol–water partition coefficient (Wildman–Crippen LogP) is 2.41. The SMILES string of the molecule is Cc1n[nH]c(C)c1N1CCN(C(=O)COc2ccc(Cl)cc2)CC1. The third-order valence-corrected chi connectivity index (χ3v) is 4.47. The van der Waals surface area contributed by atoms with E-state index in [2.05, 4.69) is 15.1 Å². The van der Waals surface area contributed by atoms with Gasteiger partial charge in [-0.15, -0.1) is 0 Å². The monoisotopic (exact) mass is 348 g/mol. The molecule has 1 aliphatic rings. The van der Waals surface area contributed by atoms with Crippen LogP contribution in [0.5, 0.6) is 5.75 Å². The molecule has 1 amide bonds. The molecule has 1 aromatic heterocycles. The van der Waals surface area contributed by atoms with Crippen molar-refractivity contribution >= 4 is 23.2 Å². The molecule has 0 bridgehead atoms. The number of hydrogen-bond donors (Lipinski definition) is 1. The second-order valence-electron chi connectivity index (χ2n) is 5.89. The number of carbonyl (C=O) groups is 1. The quantitative estimate of drug-likeness (QED) is 0.921. The van der Waals surface area contributed by atoms with Crippen LogP contribution < -0.4 is 9.64 Å². The topological polar surface area (TPSA) is 61.5 Å². The number of anilines is 1. The molecule has 0 atom stereocenters. The lowest BCUT2D eigenvalue weighted by Crippen LogP contribution is -2.50. The van der Waals surface area contributed by atoms with Crippen molar-refractivity contribution in [1.82, 2.24) is 15.1 Å². The van der Waals surface area contributed by atoms with E-state index in [0.29, 0.717) is 23.9 Å². The molecule has 2 heterocycles. The van der Waals surface area contributed by atoms with E-state index in [-0.39, 0.29) is 12.5 Å². The van der Waals surface area contributed by atoms with Crippen LogP contribution >= 0.6 is 11.6 Å². The van der Waals surface area contributed by atoms with Gasteiger partial charge in [0.25, 0.3) is 5.91 Å². The molecule has 2 aromatic rings. The Morgan fingerprint density at radius 2 is 1.88 bits per heavy atom. The lowest BCUT2D eigenvalue weighted by Gasteiger charge is -2.36. The molecular formula is C17H21ClN4O2. The Labute approximate surface area is 146 Å². The van der Waals surface area contributed by atoms with Gasteiger partial charge in [0, 0.05) is 31.2 Å². The first-order valence-corrected chi connectivity index (χ1v) is 8.35. The van der Waals surface area contributed by atoms with Crippen LogP contribution in [0.3, 0.4) is 0 Å². The van der Waals surface area contributed by atoms with Gasteiger partial charge in [-0.2, -0.15) is 5.10 Å². The van der Waals surface area contributed by atoms with Crippen LogP contribution in [0.25, 0.3) is 0 Å². The van der Waals surface area contributed by atoms with Crippen LogP contribution in [0.2, 0.25) is 5.02 Å². The molecule has 128 valence electrons. The molecule has 7 heteroatoms. The maximum atomic E-state index is 12.3. The minimum atomic E-state index is 0.00485. The Hall–Kier alpha value is -2.21. The number of aromatic amines is 1. The van der Waals surface area contributed by atoms with Gasteiger partial charge in [0.05, 0.1) is 17.1 Å². The van der Waals surface area contributed by atoms with Crippen LogP contribution in [0.4, 0.5) is 5.69 Å². The van der Waals surface area contributed by atoms with Gasteiger partial charge in [-0.3, -0.25) is 9.89 Å². The number of benzene rings is 1. The molecule has 0 spiro atoms. The number of nitrogens with one attached hydrogen (secondary N) is 1. The van der Waals surface area contributed by atoms with Gasteiger partial charge in [0.2, 0.25) is 0 Å². The first kappa shape index (κ1) is 16.6. The van der Waals surface area contributed by atoms with Crippen LogP contribution in [0.1, 0.15) is 11.4 Å². The first-order valence-electron chi connectivity index (χ1n) is 7.97. The summed E-state index contributed by atoms with van der Waals surface area (Å²) in [7, 11) is 0. The number of aryl methyl sites for hydroxylation is 2. The summed E-state index contributed by atoms with van der Waals surface area (Å²) < 4.78 is 5.53. The van der Waals surface area contributed by atoms with Crippen molar-refractivity contribution in [1.29, 1.82) is 0 Å². The maximum absolute atomic E-state index is 12.3. The number of aromatic nitrogens is 2. The summed E-state index contributed by atoms with van der Waals surface area (Å²) in [6.07, 6.45) is 0. The van der Waals surface area contributed by atoms with E-state index in [4.69, 9.17) is 16.3 Å². The smallest absolute Gasteiger partial charge is 0.260 e. The van der Waals surface area contributed by atoms with Crippen molar-refractivity contribution in [2.24, 2.45) is 0 Å². The highest BCUT2D eigenvalue weighted by molar-refractivity contribution is 6.30. The summed E-state index contributed by atoms with van der Waals surface area (Å²) in [4.78, 5) is 16.4. The summed E-state index contributed by atoms with van der Waals surface area (Å²) in [5, 5.41) is 7.89. The molecule has 1 aliphatic heterocycles. The molecule has 24 heavy (non-hydrogen) atoms. The number of nitrogens with zero attached hydrogens (tertiary/aromatic N) is 3. The molecule has 0 aliphatic carbocycles. The average molecular weight is 349 g/mol. The van der Waals surface area contributed by atoms with Gasteiger partial charge < -0.3 is 14.5 Å². The summed E-state index contributed by atoms with van der Waals surface area (Å²) in [6, 6.07) is 7.02. The summed E-state index contributed by atoms with van der Waals surface area (Å²) >= 11 is 5.83. The molecule has 6 nitrogen and oxygen atoms in total. The van der Waals surface area contributed by atoms with Crippen LogP contribution in [-0.2, 0) is 4.79 Å². The number of halogens is 1. The van der Waals surface area contributed by atoms with Crippen molar-refractivity contribution in [2.75, 3.05) is 37.7 Å². The molecule has 1 N–H and O–H groups in total. The van der Waals surface area contributed by atoms with Crippen LogP contribution in [0, 0.1) is 13.8 Å². The van der Waals surface area contributed by atoms with E-state index in [0.717, 1.165) is 30.2 Å². The van der Waals surface area contributed by atoms with Crippen molar-refractivity contribution in [2.45, 2.75) is 13.8 Å². The highest BCUT2D eigenvalue weighted by atomic mass is 35.5.